The molecule has 0 fully saturated rings. The Balaban J connectivity index is 2.07. The van der Waals surface area contributed by atoms with Crippen LogP contribution in [0.15, 0.2) is 24.3 Å². The van der Waals surface area contributed by atoms with Gasteiger partial charge < -0.3 is 19.8 Å². The Kier molecular flexibility index (Phi) is 8.28. The van der Waals surface area contributed by atoms with Crippen molar-refractivity contribution in [3.63, 3.8) is 0 Å². The van der Waals surface area contributed by atoms with Gasteiger partial charge in [0, 0.05) is 16.8 Å². The number of carbonyl (C=O) groups is 4. The van der Waals surface area contributed by atoms with Gasteiger partial charge in [0.25, 0.3) is 5.91 Å². The first kappa shape index (κ1) is 24.8. The number of carbonyl (C=O) groups excluding carboxylic acids is 4. The third kappa shape index (κ3) is 5.81. The molecule has 0 saturated heterocycles. The van der Waals surface area contributed by atoms with E-state index in [1.165, 1.54) is 12.1 Å². The Bertz CT molecular complexity index is 1010. The number of benzene rings is 1. The van der Waals surface area contributed by atoms with Crippen LogP contribution in [-0.4, -0.2) is 47.9 Å². The van der Waals surface area contributed by atoms with Crippen molar-refractivity contribution in [3.05, 3.63) is 58.2 Å². The highest BCUT2D eigenvalue weighted by molar-refractivity contribution is 6.04. The van der Waals surface area contributed by atoms with Crippen LogP contribution >= 0.6 is 0 Å². The van der Waals surface area contributed by atoms with E-state index in [9.17, 15) is 23.6 Å². The molecule has 2 rings (SSSR count). The topological polar surface area (TPSA) is 115 Å². The summed E-state index contributed by atoms with van der Waals surface area (Å²) in [4.78, 5) is 52.5. The van der Waals surface area contributed by atoms with Crippen LogP contribution in [0.3, 0.4) is 0 Å². The van der Waals surface area contributed by atoms with Crippen LogP contribution < -0.4 is 5.32 Å². The molecule has 1 heterocycles. The molecule has 0 aliphatic carbocycles. The molecule has 1 atom stereocenters. The van der Waals surface area contributed by atoms with E-state index in [-0.39, 0.29) is 29.3 Å². The molecule has 9 heteroatoms. The molecule has 0 bridgehead atoms. The van der Waals surface area contributed by atoms with Crippen LogP contribution in [0.25, 0.3) is 0 Å². The lowest BCUT2D eigenvalue weighted by Gasteiger charge is -2.20. The van der Waals surface area contributed by atoms with Crippen molar-refractivity contribution in [2.24, 2.45) is 5.92 Å². The zero-order valence-corrected chi connectivity index (χ0v) is 18.7. The predicted octanol–water partition coefficient (Wildman–Crippen LogP) is 3.13. The van der Waals surface area contributed by atoms with Crippen molar-refractivity contribution in [2.75, 3.05) is 13.2 Å². The zero-order chi connectivity index (χ0) is 24.0. The number of esters is 2. The van der Waals surface area contributed by atoms with Gasteiger partial charge in [0.2, 0.25) is 5.78 Å². The van der Waals surface area contributed by atoms with E-state index >= 15 is 0 Å². The summed E-state index contributed by atoms with van der Waals surface area (Å²) in [6.45, 7) is 7.97. The molecule has 0 aliphatic heterocycles. The number of hydrogen-bond acceptors (Lipinski definition) is 6. The normalized spacial score (nSPS) is 11.7. The van der Waals surface area contributed by atoms with E-state index in [0.717, 1.165) is 12.1 Å². The Morgan fingerprint density at radius 1 is 1.06 bits per heavy atom. The van der Waals surface area contributed by atoms with Gasteiger partial charge in [-0.3, -0.25) is 9.59 Å². The van der Waals surface area contributed by atoms with Crippen molar-refractivity contribution in [1.29, 1.82) is 0 Å². The molecule has 8 nitrogen and oxygen atoms in total. The highest BCUT2D eigenvalue weighted by Crippen LogP contribution is 2.20. The van der Waals surface area contributed by atoms with E-state index in [1.54, 1.807) is 34.6 Å². The Morgan fingerprint density at radius 3 is 2.25 bits per heavy atom. The number of rotatable bonds is 9. The van der Waals surface area contributed by atoms with Crippen molar-refractivity contribution in [2.45, 2.75) is 40.7 Å². The number of Topliss-reactive ketones (excluding diaryl/α,β-unsaturated/α-hetero) is 1. The van der Waals surface area contributed by atoms with Crippen molar-refractivity contribution < 1.29 is 33.0 Å². The van der Waals surface area contributed by atoms with E-state index in [4.69, 9.17) is 9.47 Å². The van der Waals surface area contributed by atoms with Crippen LogP contribution in [0, 0.1) is 25.6 Å². The number of ether oxygens (including phenoxy) is 2. The minimum absolute atomic E-state index is 0.172. The van der Waals surface area contributed by atoms with Crippen LogP contribution in [0.5, 0.6) is 0 Å². The molecule has 172 valence electrons. The number of aromatic amines is 1. The standard InChI is InChI=1S/C23H27FN2O6/c1-6-31-23(30)20-13(4)18(14(5)25-20)17(27)11-32-22(29)19(12(2)3)26-21(28)15-7-9-16(24)10-8-15/h7-10,12,19,25H,6,11H2,1-5H3,(H,26,28)/t19-/m0/s1. The average molecular weight is 446 g/mol. The lowest BCUT2D eigenvalue weighted by Crippen LogP contribution is -2.45. The third-order valence-corrected chi connectivity index (χ3v) is 4.86. The SMILES string of the molecule is CCOC(=O)c1[nH]c(C)c(C(=O)COC(=O)[C@@H](NC(=O)c2ccc(F)cc2)C(C)C)c1C. The van der Waals surface area contributed by atoms with Crippen molar-refractivity contribution in [3.8, 4) is 0 Å². The van der Waals surface area contributed by atoms with Gasteiger partial charge in [0.05, 0.1) is 6.61 Å². The summed E-state index contributed by atoms with van der Waals surface area (Å²) < 4.78 is 23.2. The fourth-order valence-electron chi connectivity index (χ4n) is 3.20. The molecule has 0 saturated carbocycles. The van der Waals surface area contributed by atoms with Crippen LogP contribution in [0.2, 0.25) is 0 Å². The molecule has 1 aromatic heterocycles. The zero-order valence-electron chi connectivity index (χ0n) is 18.7. The number of aryl methyl sites for hydroxylation is 1. The first-order valence-corrected chi connectivity index (χ1v) is 10.2. The van der Waals surface area contributed by atoms with Gasteiger partial charge in [-0.1, -0.05) is 13.8 Å². The first-order valence-electron chi connectivity index (χ1n) is 10.2. The number of aromatic nitrogens is 1. The molecular weight excluding hydrogens is 419 g/mol. The molecule has 0 aliphatic rings. The second-order valence-electron chi connectivity index (χ2n) is 7.58. The average Bonchev–Trinajstić information content (AvgIpc) is 3.04. The number of H-pyrrole nitrogens is 1. The minimum Gasteiger partial charge on any atom is -0.461 e. The molecule has 1 aromatic carbocycles. The summed E-state index contributed by atoms with van der Waals surface area (Å²) in [7, 11) is 0. The van der Waals surface area contributed by atoms with E-state index in [0.29, 0.717) is 11.3 Å². The van der Waals surface area contributed by atoms with Crippen LogP contribution in [0.1, 0.15) is 63.2 Å². The Morgan fingerprint density at radius 2 is 1.69 bits per heavy atom. The highest BCUT2D eigenvalue weighted by atomic mass is 19.1. The molecule has 0 spiro atoms. The predicted molar refractivity (Wildman–Crippen MR) is 114 cm³/mol. The summed E-state index contributed by atoms with van der Waals surface area (Å²) >= 11 is 0. The number of halogens is 1. The second-order valence-corrected chi connectivity index (χ2v) is 7.58. The summed E-state index contributed by atoms with van der Waals surface area (Å²) in [6, 6.07) is 3.87. The Labute approximate surface area is 185 Å². The molecule has 0 unspecified atom stereocenters. The third-order valence-electron chi connectivity index (χ3n) is 4.86. The molecule has 2 N–H and O–H groups in total. The van der Waals surface area contributed by atoms with Gasteiger partial charge in [-0.25, -0.2) is 14.0 Å². The van der Waals surface area contributed by atoms with Crippen molar-refractivity contribution in [1.82, 2.24) is 10.3 Å². The maximum Gasteiger partial charge on any atom is 0.355 e. The quantitative estimate of drug-likeness (QED) is 0.452. The largest absolute Gasteiger partial charge is 0.461 e. The molecule has 2 aromatic rings. The van der Waals surface area contributed by atoms with Gasteiger partial charge >= 0.3 is 11.9 Å². The number of ketones is 1. The number of hydrogen-bond donors (Lipinski definition) is 2. The summed E-state index contributed by atoms with van der Waals surface area (Å²) in [6.07, 6.45) is 0. The maximum atomic E-state index is 13.1. The highest BCUT2D eigenvalue weighted by Gasteiger charge is 2.28. The van der Waals surface area contributed by atoms with Gasteiger partial charge in [0.15, 0.2) is 6.61 Å². The molecule has 1 amide bonds. The van der Waals surface area contributed by atoms with E-state index < -0.39 is 42.1 Å². The molecule has 32 heavy (non-hydrogen) atoms. The summed E-state index contributed by atoms with van der Waals surface area (Å²) in [5, 5.41) is 2.56. The lowest BCUT2D eigenvalue weighted by molar-refractivity contribution is -0.145. The van der Waals surface area contributed by atoms with Gasteiger partial charge in [-0.2, -0.15) is 0 Å². The Hall–Kier alpha value is -3.49. The lowest BCUT2D eigenvalue weighted by atomic mass is 10.0. The minimum atomic E-state index is -1.01. The fraction of sp³-hybridized carbons (Fsp3) is 0.391. The number of nitrogens with one attached hydrogen (secondary N) is 2. The monoisotopic (exact) mass is 446 g/mol. The van der Waals surface area contributed by atoms with Crippen molar-refractivity contribution >= 4 is 23.6 Å². The fourth-order valence-corrected chi connectivity index (χ4v) is 3.20. The smallest absolute Gasteiger partial charge is 0.355 e. The van der Waals surface area contributed by atoms with Crippen LogP contribution in [-0.2, 0) is 14.3 Å². The van der Waals surface area contributed by atoms with Gasteiger partial charge in [-0.15, -0.1) is 0 Å². The number of amides is 1. The van der Waals surface area contributed by atoms with E-state index in [2.05, 4.69) is 10.3 Å². The molecular formula is C23H27FN2O6. The van der Waals surface area contributed by atoms with Crippen LogP contribution in [0.4, 0.5) is 4.39 Å². The summed E-state index contributed by atoms with van der Waals surface area (Å²) in [5.41, 5.74) is 1.47. The maximum absolute atomic E-state index is 13.1. The summed E-state index contributed by atoms with van der Waals surface area (Å²) in [5.74, 6) is -3.22. The molecule has 0 radical (unpaired) electrons. The first-order chi connectivity index (χ1) is 15.1. The van der Waals surface area contributed by atoms with E-state index in [1.807, 2.05) is 0 Å². The second kappa shape index (κ2) is 10.7. The van der Waals surface area contributed by atoms with Gasteiger partial charge in [0.1, 0.15) is 17.6 Å². The van der Waals surface area contributed by atoms with Gasteiger partial charge in [-0.05, 0) is 56.5 Å².